The summed E-state index contributed by atoms with van der Waals surface area (Å²) in [5.41, 5.74) is 4.11. The van der Waals surface area contributed by atoms with E-state index in [-0.39, 0.29) is 41.9 Å². The summed E-state index contributed by atoms with van der Waals surface area (Å²) in [4.78, 5) is 31.7. The molecule has 12 heteroatoms. The smallest absolute Gasteiger partial charge is 0.264 e. The summed E-state index contributed by atoms with van der Waals surface area (Å²) in [6.07, 6.45) is 2.28. The van der Waals surface area contributed by atoms with Crippen molar-refractivity contribution in [1.82, 2.24) is 20.3 Å². The molecule has 3 aliphatic rings. The summed E-state index contributed by atoms with van der Waals surface area (Å²) in [6.45, 7) is 9.44. The fourth-order valence-electron chi connectivity index (χ4n) is 9.48. The van der Waals surface area contributed by atoms with Crippen molar-refractivity contribution in [2.24, 2.45) is 5.92 Å². The molecule has 56 heavy (non-hydrogen) atoms. The number of fused-ring (bicyclic) bond motifs is 2. The first kappa shape index (κ1) is 37.8. The predicted octanol–water partition coefficient (Wildman–Crippen LogP) is 5.20. The maximum absolute atomic E-state index is 15.3. The molecular formula is C44H50N6O5Si. The van der Waals surface area contributed by atoms with Gasteiger partial charge in [-0.25, -0.2) is 0 Å². The number of piperazine rings is 1. The molecule has 8 rings (SSSR count). The fraction of sp³-hybridized carbons (Fsp3) is 0.364. The van der Waals surface area contributed by atoms with Crippen LogP contribution in [0.25, 0.3) is 0 Å². The van der Waals surface area contributed by atoms with Crippen LogP contribution in [0, 0.1) is 5.92 Å². The summed E-state index contributed by atoms with van der Waals surface area (Å²) >= 11 is 0. The third kappa shape index (κ3) is 6.64. The molecule has 0 saturated carbocycles. The van der Waals surface area contributed by atoms with Crippen molar-refractivity contribution in [1.29, 1.82) is 0 Å². The van der Waals surface area contributed by atoms with E-state index in [1.165, 1.54) is 5.19 Å². The highest BCUT2D eigenvalue weighted by Gasteiger charge is 2.66. The van der Waals surface area contributed by atoms with Crippen molar-refractivity contribution in [2.45, 2.75) is 62.7 Å². The van der Waals surface area contributed by atoms with Gasteiger partial charge in [0.25, 0.3) is 5.91 Å². The van der Waals surface area contributed by atoms with Gasteiger partial charge in [-0.2, -0.15) is 0 Å². The second-order valence-electron chi connectivity index (χ2n) is 15.8. The topological polar surface area (TPSA) is 122 Å². The lowest BCUT2D eigenvalue weighted by Crippen LogP contribution is -2.51. The van der Waals surface area contributed by atoms with Crippen molar-refractivity contribution >= 4 is 36.4 Å². The van der Waals surface area contributed by atoms with Crippen LogP contribution in [0.2, 0.25) is 18.6 Å². The minimum absolute atomic E-state index is 0.0374. The Morgan fingerprint density at radius 3 is 2.52 bits per heavy atom. The Hall–Kier alpha value is -5.14. The van der Waals surface area contributed by atoms with E-state index in [1.807, 2.05) is 106 Å². The second kappa shape index (κ2) is 15.4. The number of hydrogen-bond acceptors (Lipinski definition) is 8. The van der Waals surface area contributed by atoms with E-state index in [1.54, 1.807) is 7.11 Å². The molecule has 11 nitrogen and oxygen atoms in total. The molecule has 4 heterocycles. The molecule has 5 aromatic rings. The number of aliphatic hydroxyl groups excluding tert-OH is 1. The summed E-state index contributed by atoms with van der Waals surface area (Å²) in [7, 11) is -0.676. The second-order valence-corrected chi connectivity index (χ2v) is 20.5. The first-order valence-corrected chi connectivity index (χ1v) is 22.6. The van der Waals surface area contributed by atoms with Crippen LogP contribution in [-0.4, -0.2) is 79.4 Å². The van der Waals surface area contributed by atoms with Gasteiger partial charge in [0.2, 0.25) is 5.91 Å². The number of aryl methyl sites for hydroxylation is 1. The van der Waals surface area contributed by atoms with Gasteiger partial charge in [-0.05, 0) is 53.4 Å². The normalized spacial score (nSPS) is 22.8. The molecule has 2 saturated heterocycles. The molecule has 0 radical (unpaired) electrons. The maximum Gasteiger partial charge on any atom is 0.264 e. The molecule has 1 aromatic heterocycles. The number of ether oxygens (including phenoxy) is 2. The highest BCUT2D eigenvalue weighted by molar-refractivity contribution is 6.91. The number of nitrogens with one attached hydrogen (secondary N) is 1. The quantitative estimate of drug-likeness (QED) is 0.166. The van der Waals surface area contributed by atoms with E-state index in [2.05, 4.69) is 53.8 Å². The van der Waals surface area contributed by atoms with Gasteiger partial charge < -0.3 is 29.7 Å². The minimum atomic E-state index is -2.36. The molecule has 1 spiro atoms. The van der Waals surface area contributed by atoms with E-state index >= 15 is 4.79 Å². The van der Waals surface area contributed by atoms with Gasteiger partial charge >= 0.3 is 0 Å². The molecule has 1 unspecified atom stereocenters. The Labute approximate surface area is 329 Å². The zero-order valence-electron chi connectivity index (χ0n) is 32.5. The molecule has 5 atom stereocenters. The van der Waals surface area contributed by atoms with Crippen LogP contribution in [0.15, 0.2) is 109 Å². The molecule has 2 fully saturated rings. The molecule has 3 aliphatic heterocycles. The molecular weight excluding hydrogens is 721 g/mol. The summed E-state index contributed by atoms with van der Waals surface area (Å²) in [6, 6.07) is 34.3. The number of benzene rings is 4. The van der Waals surface area contributed by atoms with Crippen LogP contribution >= 0.6 is 0 Å². The van der Waals surface area contributed by atoms with Crippen molar-refractivity contribution in [3.05, 3.63) is 132 Å². The first-order valence-electron chi connectivity index (χ1n) is 19.6. The zero-order valence-corrected chi connectivity index (χ0v) is 33.5. The van der Waals surface area contributed by atoms with E-state index in [9.17, 15) is 9.90 Å². The number of para-hydroxylation sites is 1. The fourth-order valence-corrected chi connectivity index (χ4v) is 13.5. The largest absolute Gasteiger partial charge is 0.497 e. The van der Waals surface area contributed by atoms with Gasteiger partial charge in [0.15, 0.2) is 5.60 Å². The Morgan fingerprint density at radius 1 is 1.00 bits per heavy atom. The Kier molecular flexibility index (Phi) is 10.4. The summed E-state index contributed by atoms with van der Waals surface area (Å²) in [5, 5.41) is 23.7. The minimum Gasteiger partial charge on any atom is -0.497 e. The van der Waals surface area contributed by atoms with Gasteiger partial charge in [0.1, 0.15) is 5.75 Å². The van der Waals surface area contributed by atoms with Crippen molar-refractivity contribution in [2.75, 3.05) is 43.2 Å². The van der Waals surface area contributed by atoms with Gasteiger partial charge in [-0.3, -0.25) is 14.3 Å². The lowest BCUT2D eigenvalue weighted by molar-refractivity contribution is -0.146. The number of nitrogens with zero attached hydrogens (tertiary/aromatic N) is 5. The lowest BCUT2D eigenvalue weighted by Gasteiger charge is -2.37. The van der Waals surface area contributed by atoms with Crippen LogP contribution in [0.5, 0.6) is 5.75 Å². The number of amides is 2. The van der Waals surface area contributed by atoms with Crippen LogP contribution in [0.3, 0.4) is 0 Å². The standard InChI is InChI=1S/C44H50N6O5Si/c1-30-42(56(3,4)35-19-17-34(54-2)18-20-35)40(21-23-48-28-38(46-47-48)36(29-51)32-12-6-5-7-13-32)55-44(30)37-15-8-9-16-39(37)50(43(44)53)27-31-11-10-14-33(25-31)49-24-22-45-26-41(49)52/h5-20,25,28,30,36,40,42,45,51H,21-24,26-27,29H2,1-4H3/t30-,36?,40+,42-,44+/m0/s1. The van der Waals surface area contributed by atoms with Gasteiger partial charge in [-0.15, -0.1) is 5.10 Å². The van der Waals surface area contributed by atoms with E-state index in [4.69, 9.17) is 9.47 Å². The molecule has 2 N–H and O–H groups in total. The van der Waals surface area contributed by atoms with Crippen LogP contribution < -0.4 is 25.0 Å². The SMILES string of the molecule is COc1ccc([Si](C)(C)[C@@H]2[C@@H](CCn3cc(C(CO)c4ccccc4)nn3)O[C@]3(C(=O)N(Cc4cccc(N5CCNCC5=O)c4)c4ccccc43)[C@H]2C)cc1. The average molecular weight is 771 g/mol. The predicted molar refractivity (Wildman–Crippen MR) is 219 cm³/mol. The average Bonchev–Trinajstić information content (AvgIpc) is 3.88. The molecule has 290 valence electrons. The number of rotatable bonds is 12. The van der Waals surface area contributed by atoms with E-state index in [0.717, 1.165) is 40.4 Å². The highest BCUT2D eigenvalue weighted by atomic mass is 28.3. The molecule has 2 amide bonds. The maximum atomic E-state index is 15.3. The number of methoxy groups -OCH3 is 1. The van der Waals surface area contributed by atoms with Crippen molar-refractivity contribution in [3.8, 4) is 5.75 Å². The van der Waals surface area contributed by atoms with E-state index in [0.29, 0.717) is 38.3 Å². The number of carbonyl (C=O) groups is 2. The zero-order chi connectivity index (χ0) is 39.0. The number of hydrogen-bond donors (Lipinski definition) is 2. The molecule has 0 bridgehead atoms. The number of carbonyl (C=O) groups excluding carboxylic acids is 2. The van der Waals surface area contributed by atoms with Crippen molar-refractivity contribution in [3.63, 3.8) is 0 Å². The highest BCUT2D eigenvalue weighted by Crippen LogP contribution is 2.60. The number of aliphatic hydroxyl groups is 1. The van der Waals surface area contributed by atoms with Crippen LogP contribution in [-0.2, 0) is 33.0 Å². The van der Waals surface area contributed by atoms with Gasteiger partial charge in [0, 0.05) is 43.0 Å². The Bertz CT molecular complexity index is 2200. The van der Waals surface area contributed by atoms with E-state index < -0.39 is 13.7 Å². The monoisotopic (exact) mass is 770 g/mol. The summed E-state index contributed by atoms with van der Waals surface area (Å²) in [5.74, 6) is 0.362. The Balaban J connectivity index is 1.13. The number of anilines is 2. The third-order valence-electron chi connectivity index (χ3n) is 12.3. The van der Waals surface area contributed by atoms with Crippen LogP contribution in [0.4, 0.5) is 11.4 Å². The van der Waals surface area contributed by atoms with Gasteiger partial charge in [0.05, 0.1) is 58.3 Å². The summed E-state index contributed by atoms with van der Waals surface area (Å²) < 4.78 is 14.7. The first-order chi connectivity index (χ1) is 27.1. The number of aromatic nitrogens is 3. The third-order valence-corrected chi connectivity index (χ3v) is 16.7. The van der Waals surface area contributed by atoms with Gasteiger partial charge in [-0.1, -0.05) is 103 Å². The van der Waals surface area contributed by atoms with Crippen molar-refractivity contribution < 1.29 is 24.2 Å². The Morgan fingerprint density at radius 2 is 1.77 bits per heavy atom. The molecule has 0 aliphatic carbocycles. The molecule has 4 aromatic carbocycles. The van der Waals surface area contributed by atoms with Crippen LogP contribution in [0.1, 0.15) is 41.6 Å². The lowest BCUT2D eigenvalue weighted by atomic mass is 9.82.